The van der Waals surface area contributed by atoms with Gasteiger partial charge in [-0.25, -0.2) is 0 Å². The van der Waals surface area contributed by atoms with E-state index in [1.54, 1.807) is 18.2 Å². The van der Waals surface area contributed by atoms with Gasteiger partial charge in [0.15, 0.2) is 11.5 Å². The molecule has 0 spiro atoms. The van der Waals surface area contributed by atoms with E-state index >= 15 is 0 Å². The first-order valence-electron chi connectivity index (χ1n) is 5.77. The van der Waals surface area contributed by atoms with Gasteiger partial charge in [0.25, 0.3) is 0 Å². The largest absolute Gasteiger partial charge is 0.508 e. The number of aromatic hydroxyl groups is 1. The minimum atomic E-state index is -0.266. The Balaban J connectivity index is 2.01. The average Bonchev–Trinajstić information content (AvgIpc) is 2.71. The molecule has 0 amide bonds. The van der Waals surface area contributed by atoms with Crippen molar-refractivity contribution in [3.8, 4) is 11.5 Å². The summed E-state index contributed by atoms with van der Waals surface area (Å²) >= 11 is 11.9. The van der Waals surface area contributed by atoms with Gasteiger partial charge >= 0.3 is 0 Å². The fourth-order valence-corrected chi connectivity index (χ4v) is 2.47. The molecule has 2 aromatic rings. The number of phenols is 1. The first-order valence-corrected chi connectivity index (χ1v) is 6.52. The van der Waals surface area contributed by atoms with E-state index in [1.807, 2.05) is 0 Å². The highest BCUT2D eigenvalue weighted by Crippen LogP contribution is 2.40. The Hall–Kier alpha value is -1.97. The van der Waals surface area contributed by atoms with E-state index in [4.69, 9.17) is 27.9 Å². The third-order valence-corrected chi connectivity index (χ3v) is 3.38. The van der Waals surface area contributed by atoms with Gasteiger partial charge in [0.1, 0.15) is 5.75 Å². The van der Waals surface area contributed by atoms with Crippen LogP contribution in [0.3, 0.4) is 0 Å². The molecule has 3 rings (SSSR count). The molecule has 0 saturated carbocycles. The van der Waals surface area contributed by atoms with Crippen LogP contribution in [0.15, 0.2) is 42.2 Å². The highest BCUT2D eigenvalue weighted by molar-refractivity contribution is 6.37. The number of carbonyl (C=O) groups is 1. The van der Waals surface area contributed by atoms with Gasteiger partial charge in [-0.2, -0.15) is 0 Å². The number of fused-ring (bicyclic) bond motifs is 1. The molecular weight excluding hydrogens is 299 g/mol. The second kappa shape index (κ2) is 4.85. The molecule has 3 nitrogen and oxygen atoms in total. The normalized spacial score (nSPS) is 15.3. The number of benzene rings is 2. The molecule has 0 saturated heterocycles. The lowest BCUT2D eigenvalue weighted by Gasteiger charge is -2.01. The Bertz CT molecular complexity index is 734. The van der Waals surface area contributed by atoms with Crippen LogP contribution in [-0.4, -0.2) is 10.9 Å². The van der Waals surface area contributed by atoms with Crippen molar-refractivity contribution in [1.82, 2.24) is 0 Å². The molecule has 5 heteroatoms. The van der Waals surface area contributed by atoms with E-state index in [0.717, 1.165) is 5.56 Å². The number of Topliss-reactive ketones (excluding diaryl/α,β-unsaturated/α-hetero) is 1. The summed E-state index contributed by atoms with van der Waals surface area (Å²) in [5.41, 5.74) is 1.09. The van der Waals surface area contributed by atoms with E-state index in [9.17, 15) is 9.90 Å². The van der Waals surface area contributed by atoms with E-state index in [0.29, 0.717) is 21.4 Å². The van der Waals surface area contributed by atoms with E-state index in [-0.39, 0.29) is 17.3 Å². The molecule has 0 fully saturated rings. The van der Waals surface area contributed by atoms with Crippen molar-refractivity contribution in [2.24, 2.45) is 0 Å². The first kappa shape index (κ1) is 13.0. The zero-order valence-corrected chi connectivity index (χ0v) is 11.6. The summed E-state index contributed by atoms with van der Waals surface area (Å²) in [7, 11) is 0. The van der Waals surface area contributed by atoms with Crippen molar-refractivity contribution >= 4 is 35.1 Å². The minimum absolute atomic E-state index is 0.156. The highest BCUT2D eigenvalue weighted by Gasteiger charge is 2.29. The van der Waals surface area contributed by atoms with E-state index < -0.39 is 0 Å². The molecule has 20 heavy (non-hydrogen) atoms. The fourth-order valence-electron chi connectivity index (χ4n) is 1.94. The van der Waals surface area contributed by atoms with Crippen LogP contribution in [-0.2, 0) is 0 Å². The Labute approximate surface area is 125 Å². The summed E-state index contributed by atoms with van der Waals surface area (Å²) in [4.78, 5) is 12.2. The number of rotatable bonds is 1. The number of hydrogen-bond acceptors (Lipinski definition) is 3. The number of hydrogen-bond donors (Lipinski definition) is 1. The molecule has 0 bridgehead atoms. The quantitative estimate of drug-likeness (QED) is 0.798. The van der Waals surface area contributed by atoms with Crippen molar-refractivity contribution < 1.29 is 14.6 Å². The topological polar surface area (TPSA) is 46.5 Å². The van der Waals surface area contributed by atoms with Gasteiger partial charge in [0.2, 0.25) is 5.78 Å². The summed E-state index contributed by atoms with van der Waals surface area (Å²) < 4.78 is 5.50. The van der Waals surface area contributed by atoms with Gasteiger partial charge in [0.05, 0.1) is 10.6 Å². The maximum absolute atomic E-state index is 12.2. The molecule has 0 atom stereocenters. The van der Waals surface area contributed by atoms with Crippen LogP contribution in [0, 0.1) is 0 Å². The van der Waals surface area contributed by atoms with Crippen LogP contribution in [0.5, 0.6) is 11.5 Å². The smallest absolute Gasteiger partial charge is 0.232 e. The molecule has 1 heterocycles. The summed E-state index contributed by atoms with van der Waals surface area (Å²) in [6, 6.07) is 9.47. The zero-order valence-electron chi connectivity index (χ0n) is 10.1. The second-order valence-corrected chi connectivity index (χ2v) is 5.14. The number of phenolic OH excluding ortho intramolecular Hbond substituents is 1. The molecule has 0 unspecified atom stereocenters. The van der Waals surface area contributed by atoms with Gasteiger partial charge in [-0.15, -0.1) is 0 Å². The summed E-state index contributed by atoms with van der Waals surface area (Å²) in [6.07, 6.45) is 1.59. The summed E-state index contributed by atoms with van der Waals surface area (Å²) in [5, 5.41) is 9.91. The molecule has 0 aliphatic carbocycles. The lowest BCUT2D eigenvalue weighted by Crippen LogP contribution is -1.97. The standard InChI is InChI=1S/C15H8Cl2O3/c16-9-6-11-14(19)13(20-15(11)12(17)7-9)5-8-1-3-10(18)4-2-8/h1-7,18H/b13-5-. The fraction of sp³-hybridized carbons (Fsp3) is 0. The number of halogens is 2. The Kier molecular flexibility index (Phi) is 3.16. The Morgan fingerprint density at radius 3 is 2.50 bits per heavy atom. The molecule has 1 aliphatic heterocycles. The van der Waals surface area contributed by atoms with E-state index in [2.05, 4.69) is 0 Å². The van der Waals surface area contributed by atoms with Crippen LogP contribution >= 0.6 is 23.2 Å². The molecule has 100 valence electrons. The number of ketones is 1. The summed E-state index contributed by atoms with van der Waals surface area (Å²) in [6.45, 7) is 0. The maximum atomic E-state index is 12.2. The average molecular weight is 307 g/mol. The maximum Gasteiger partial charge on any atom is 0.232 e. The van der Waals surface area contributed by atoms with Gasteiger partial charge in [-0.3, -0.25) is 4.79 Å². The lowest BCUT2D eigenvalue weighted by molar-refractivity contribution is 0.101. The van der Waals surface area contributed by atoms with Crippen LogP contribution in [0.25, 0.3) is 6.08 Å². The van der Waals surface area contributed by atoms with Crippen LogP contribution in [0.1, 0.15) is 15.9 Å². The van der Waals surface area contributed by atoms with Crippen LogP contribution in [0.4, 0.5) is 0 Å². The first-order chi connectivity index (χ1) is 9.54. The Morgan fingerprint density at radius 2 is 1.80 bits per heavy atom. The van der Waals surface area contributed by atoms with Crippen molar-refractivity contribution in [3.63, 3.8) is 0 Å². The highest BCUT2D eigenvalue weighted by atomic mass is 35.5. The van der Waals surface area contributed by atoms with Crippen LogP contribution < -0.4 is 4.74 Å². The van der Waals surface area contributed by atoms with Crippen molar-refractivity contribution in [1.29, 1.82) is 0 Å². The van der Waals surface area contributed by atoms with Gasteiger partial charge < -0.3 is 9.84 Å². The second-order valence-electron chi connectivity index (χ2n) is 4.30. The molecule has 0 radical (unpaired) electrons. The predicted molar refractivity (Wildman–Crippen MR) is 77.5 cm³/mol. The van der Waals surface area contributed by atoms with Crippen molar-refractivity contribution in [2.45, 2.75) is 0 Å². The van der Waals surface area contributed by atoms with E-state index in [1.165, 1.54) is 24.3 Å². The van der Waals surface area contributed by atoms with Gasteiger partial charge in [-0.1, -0.05) is 35.3 Å². The Morgan fingerprint density at radius 1 is 1.10 bits per heavy atom. The molecule has 1 N–H and O–H groups in total. The SMILES string of the molecule is O=C1/C(=C/c2ccc(O)cc2)Oc2c(Cl)cc(Cl)cc21. The third-order valence-electron chi connectivity index (χ3n) is 2.88. The molecule has 0 aromatic heterocycles. The monoisotopic (exact) mass is 306 g/mol. The molecule has 2 aromatic carbocycles. The van der Waals surface area contributed by atoms with Crippen molar-refractivity contribution in [3.05, 3.63) is 63.3 Å². The van der Waals surface area contributed by atoms with Gasteiger partial charge in [0, 0.05) is 5.02 Å². The lowest BCUT2D eigenvalue weighted by atomic mass is 10.1. The predicted octanol–water partition coefficient (Wildman–Crippen LogP) is 4.32. The number of ether oxygens (including phenoxy) is 1. The minimum Gasteiger partial charge on any atom is -0.508 e. The zero-order chi connectivity index (χ0) is 14.3. The van der Waals surface area contributed by atoms with Crippen molar-refractivity contribution in [2.75, 3.05) is 0 Å². The molecular formula is C15H8Cl2O3. The van der Waals surface area contributed by atoms with Gasteiger partial charge in [-0.05, 0) is 35.9 Å². The number of carbonyl (C=O) groups excluding carboxylic acids is 1. The molecule has 1 aliphatic rings. The number of allylic oxidation sites excluding steroid dienone is 1. The third kappa shape index (κ3) is 2.26. The summed E-state index contributed by atoms with van der Waals surface area (Å²) in [5.74, 6) is 0.391. The van der Waals surface area contributed by atoms with Crippen LogP contribution in [0.2, 0.25) is 10.0 Å².